The smallest absolute Gasteiger partial charge is 0.462 e. The second-order valence-corrected chi connectivity index (χ2v) is 16.9. The van der Waals surface area contributed by atoms with Gasteiger partial charge in [0.25, 0.3) is 0 Å². The third kappa shape index (κ3) is 46.4. The maximum atomic E-state index is 12.4. The summed E-state index contributed by atoms with van der Waals surface area (Å²) in [5.74, 6) is -0.917. The van der Waals surface area contributed by atoms with Gasteiger partial charge in [-0.25, -0.2) is 4.57 Å². The van der Waals surface area contributed by atoms with Crippen LogP contribution in [0.4, 0.5) is 0 Å². The summed E-state index contributed by atoms with van der Waals surface area (Å²) in [5.41, 5.74) is 0. The van der Waals surface area contributed by atoms with Crippen LogP contribution in [0.15, 0.2) is 60.8 Å². The van der Waals surface area contributed by atoms with Crippen LogP contribution in [0.25, 0.3) is 0 Å². The van der Waals surface area contributed by atoms with Crippen LogP contribution in [0.5, 0.6) is 0 Å². The second kappa shape index (κ2) is 44.3. The van der Waals surface area contributed by atoms with Gasteiger partial charge in [0.05, 0.1) is 6.61 Å². The predicted octanol–water partition coefficient (Wildman–Crippen LogP) is 14.9. The monoisotopic (exact) mass is 835 g/mol. The molecule has 0 radical (unpaired) electrons. The number of phosphoric ester groups is 1. The van der Waals surface area contributed by atoms with Crippen molar-refractivity contribution in [2.45, 2.75) is 225 Å². The molecule has 1 atom stereocenters. The van der Waals surface area contributed by atoms with Crippen molar-refractivity contribution in [3.8, 4) is 0 Å². The number of ether oxygens (including phenoxy) is 2. The molecule has 0 spiro atoms. The lowest BCUT2D eigenvalue weighted by atomic mass is 10.0. The zero-order valence-electron chi connectivity index (χ0n) is 37.2. The van der Waals surface area contributed by atoms with E-state index in [0.29, 0.717) is 6.42 Å². The average Bonchev–Trinajstić information content (AvgIpc) is 3.20. The molecule has 0 fully saturated rings. The molecule has 0 saturated carbocycles. The zero-order valence-corrected chi connectivity index (χ0v) is 38.1. The van der Waals surface area contributed by atoms with Gasteiger partial charge in [0.1, 0.15) is 6.61 Å². The molecule has 0 aromatic heterocycles. The Bertz CT molecular complexity index is 1120. The fourth-order valence-corrected chi connectivity index (χ4v) is 6.94. The molecular formula is C49H87O8P. The van der Waals surface area contributed by atoms with E-state index in [1.165, 1.54) is 116 Å². The molecule has 9 heteroatoms. The van der Waals surface area contributed by atoms with Gasteiger partial charge in [-0.1, -0.05) is 209 Å². The Morgan fingerprint density at radius 2 is 0.828 bits per heavy atom. The van der Waals surface area contributed by atoms with Gasteiger partial charge < -0.3 is 19.3 Å². The van der Waals surface area contributed by atoms with Crippen molar-refractivity contribution in [1.82, 2.24) is 0 Å². The molecule has 58 heavy (non-hydrogen) atoms. The minimum atomic E-state index is -4.77. The standard InChI is InChI=1S/C49H87O8P/c1-3-5-7-9-11-13-15-17-19-21-23-24-26-27-29-31-33-35-37-39-41-43-48(50)55-45-47(46-56-58(52,53)54)57-49(51)44-42-40-38-36-34-32-30-28-25-22-20-18-16-14-12-10-8-6-4-2/h6,8,12,14,18,20,25,28,32,34,47H,3-5,7,9-11,13,15-17,19,21-24,26-27,29-31,33,35-46H2,1-2H3,(H2,52,53,54)/b8-6+,14-12+,20-18+,28-25+,34-32+/t47-/m1/s1. The minimum Gasteiger partial charge on any atom is -0.462 e. The van der Waals surface area contributed by atoms with E-state index >= 15 is 0 Å². The molecule has 8 nitrogen and oxygen atoms in total. The quantitative estimate of drug-likeness (QED) is 0.0270. The molecule has 0 bridgehead atoms. The summed E-state index contributed by atoms with van der Waals surface area (Å²) in [6.07, 6.45) is 56.6. The Hall–Kier alpha value is -2.25. The maximum absolute atomic E-state index is 12.4. The van der Waals surface area contributed by atoms with Gasteiger partial charge in [0.15, 0.2) is 6.10 Å². The summed E-state index contributed by atoms with van der Waals surface area (Å²) < 4.78 is 26.5. The van der Waals surface area contributed by atoms with Crippen LogP contribution in [0.1, 0.15) is 219 Å². The van der Waals surface area contributed by atoms with Gasteiger partial charge in [-0.3, -0.25) is 14.1 Å². The highest BCUT2D eigenvalue weighted by atomic mass is 31.2. The lowest BCUT2D eigenvalue weighted by Crippen LogP contribution is -2.29. The molecule has 0 heterocycles. The Kier molecular flexibility index (Phi) is 42.6. The number of esters is 2. The highest BCUT2D eigenvalue weighted by molar-refractivity contribution is 7.46. The molecule has 0 aliphatic carbocycles. The largest absolute Gasteiger partial charge is 0.469 e. The normalized spacial score (nSPS) is 13.0. The number of hydrogen-bond acceptors (Lipinski definition) is 6. The van der Waals surface area contributed by atoms with Crippen LogP contribution in [-0.4, -0.2) is 41.0 Å². The van der Waals surface area contributed by atoms with E-state index in [1.54, 1.807) is 0 Å². The van der Waals surface area contributed by atoms with Crippen molar-refractivity contribution in [2.75, 3.05) is 13.2 Å². The molecule has 2 N–H and O–H groups in total. The Morgan fingerprint density at radius 3 is 1.24 bits per heavy atom. The van der Waals surface area contributed by atoms with E-state index in [1.807, 2.05) is 0 Å². The third-order valence-electron chi connectivity index (χ3n) is 10.1. The summed E-state index contributed by atoms with van der Waals surface area (Å²) >= 11 is 0. The lowest BCUT2D eigenvalue weighted by molar-refractivity contribution is -0.161. The van der Waals surface area contributed by atoms with Crippen LogP contribution >= 0.6 is 7.82 Å². The number of carbonyl (C=O) groups is 2. The van der Waals surface area contributed by atoms with Crippen molar-refractivity contribution in [2.24, 2.45) is 0 Å². The molecule has 0 aliphatic rings. The van der Waals surface area contributed by atoms with E-state index in [2.05, 4.69) is 79.1 Å². The van der Waals surface area contributed by atoms with Gasteiger partial charge in [-0.05, 0) is 57.8 Å². The second-order valence-electron chi connectivity index (χ2n) is 15.7. The first-order chi connectivity index (χ1) is 28.3. The van der Waals surface area contributed by atoms with Crippen molar-refractivity contribution in [3.05, 3.63) is 60.8 Å². The summed E-state index contributed by atoms with van der Waals surface area (Å²) in [7, 11) is -4.77. The summed E-state index contributed by atoms with van der Waals surface area (Å²) in [5, 5.41) is 0. The number of unbranched alkanes of at least 4 members (excludes halogenated alkanes) is 23. The SMILES string of the molecule is CC/C=C/C/C=C/C/C=C/C/C=C/C/C=C/CCCCCC(=O)O[C@H](COC(=O)CCCCCCCCCCCCCCCCCCCCCCC)COP(=O)(O)O. The van der Waals surface area contributed by atoms with E-state index in [4.69, 9.17) is 19.3 Å². The van der Waals surface area contributed by atoms with E-state index in [-0.39, 0.29) is 19.4 Å². The first-order valence-corrected chi connectivity index (χ1v) is 25.1. The number of phosphoric acid groups is 1. The van der Waals surface area contributed by atoms with Crippen molar-refractivity contribution in [1.29, 1.82) is 0 Å². The van der Waals surface area contributed by atoms with Crippen LogP contribution in [0.3, 0.4) is 0 Å². The topological polar surface area (TPSA) is 119 Å². The number of allylic oxidation sites excluding steroid dienone is 10. The van der Waals surface area contributed by atoms with Gasteiger partial charge >= 0.3 is 19.8 Å². The molecule has 0 aliphatic heterocycles. The van der Waals surface area contributed by atoms with Gasteiger partial charge in [0.2, 0.25) is 0 Å². The zero-order chi connectivity index (χ0) is 42.5. The lowest BCUT2D eigenvalue weighted by Gasteiger charge is -2.18. The molecule has 0 unspecified atom stereocenters. The molecule has 0 saturated heterocycles. The van der Waals surface area contributed by atoms with E-state index < -0.39 is 32.5 Å². The molecule has 336 valence electrons. The summed E-state index contributed by atoms with van der Waals surface area (Å²) in [4.78, 5) is 43.0. The first kappa shape index (κ1) is 55.8. The number of rotatable bonds is 43. The van der Waals surface area contributed by atoms with Crippen LogP contribution < -0.4 is 0 Å². The van der Waals surface area contributed by atoms with Crippen molar-refractivity contribution >= 4 is 19.8 Å². The fourth-order valence-electron chi connectivity index (χ4n) is 6.58. The maximum Gasteiger partial charge on any atom is 0.469 e. The van der Waals surface area contributed by atoms with Crippen molar-refractivity contribution < 1.29 is 37.9 Å². The summed E-state index contributed by atoms with van der Waals surface area (Å²) in [6.45, 7) is 3.57. The van der Waals surface area contributed by atoms with E-state index in [9.17, 15) is 14.2 Å². The minimum absolute atomic E-state index is 0.172. The highest BCUT2D eigenvalue weighted by Crippen LogP contribution is 2.36. The molecule has 0 aromatic carbocycles. The predicted molar refractivity (Wildman–Crippen MR) is 244 cm³/mol. The number of carbonyl (C=O) groups excluding carboxylic acids is 2. The fraction of sp³-hybridized carbons (Fsp3) is 0.755. The molecular weight excluding hydrogens is 748 g/mol. The summed E-state index contributed by atoms with van der Waals surface area (Å²) in [6, 6.07) is 0. The average molecular weight is 835 g/mol. The van der Waals surface area contributed by atoms with Crippen LogP contribution in [-0.2, 0) is 28.2 Å². The van der Waals surface area contributed by atoms with Crippen LogP contribution in [0, 0.1) is 0 Å². The van der Waals surface area contributed by atoms with Gasteiger partial charge in [-0.2, -0.15) is 0 Å². The van der Waals surface area contributed by atoms with Crippen molar-refractivity contribution in [3.63, 3.8) is 0 Å². The Balaban J connectivity index is 3.90. The first-order valence-electron chi connectivity index (χ1n) is 23.6. The van der Waals surface area contributed by atoms with Gasteiger partial charge in [-0.15, -0.1) is 0 Å². The number of hydrogen-bond donors (Lipinski definition) is 2. The van der Waals surface area contributed by atoms with Gasteiger partial charge in [0, 0.05) is 12.8 Å². The third-order valence-corrected chi connectivity index (χ3v) is 10.5. The van der Waals surface area contributed by atoms with Crippen LogP contribution in [0.2, 0.25) is 0 Å². The molecule has 0 amide bonds. The molecule has 0 rings (SSSR count). The Labute approximate surface area is 356 Å². The Morgan fingerprint density at radius 1 is 0.466 bits per heavy atom. The molecule has 0 aromatic rings. The van der Waals surface area contributed by atoms with E-state index in [0.717, 1.165) is 70.6 Å². The highest BCUT2D eigenvalue weighted by Gasteiger charge is 2.22.